The molecule has 0 amide bonds. The van der Waals surface area contributed by atoms with E-state index in [1.165, 1.54) is 5.56 Å². The van der Waals surface area contributed by atoms with E-state index >= 15 is 0 Å². The highest BCUT2D eigenvalue weighted by molar-refractivity contribution is 5.29. The highest BCUT2D eigenvalue weighted by atomic mass is 16.3. The number of aromatic hydroxyl groups is 1. The van der Waals surface area contributed by atoms with Gasteiger partial charge in [0.2, 0.25) is 0 Å². The van der Waals surface area contributed by atoms with E-state index in [0.717, 1.165) is 6.54 Å². The van der Waals surface area contributed by atoms with Crippen molar-refractivity contribution in [1.82, 2.24) is 15.8 Å². The lowest BCUT2D eigenvalue weighted by molar-refractivity contribution is 0.359. The molecule has 2 aliphatic rings. The number of hydrogen-bond acceptors (Lipinski definition) is 4. The molecular formula is C10H13N3O. The molecule has 3 rings (SSSR count). The van der Waals surface area contributed by atoms with Gasteiger partial charge in [0.25, 0.3) is 0 Å². The standard InChI is InChI=1S/C10H13N3O/c1-10-6-11-9(13(10)12-10)7-2-4-8(14)5-3-7/h2-5,9,11-12,14H,6H2,1H3. The van der Waals surface area contributed by atoms with E-state index in [9.17, 15) is 5.11 Å². The van der Waals surface area contributed by atoms with Gasteiger partial charge in [-0.2, -0.15) is 5.01 Å². The van der Waals surface area contributed by atoms with Crippen LogP contribution in [0.2, 0.25) is 0 Å². The minimum atomic E-state index is 0.141. The summed E-state index contributed by atoms with van der Waals surface area (Å²) in [5.74, 6) is 0.313. The number of nitrogens with zero attached hydrogens (tertiary/aromatic N) is 1. The summed E-state index contributed by atoms with van der Waals surface area (Å²) in [5, 5.41) is 14.8. The van der Waals surface area contributed by atoms with Crippen LogP contribution >= 0.6 is 0 Å². The highest BCUT2D eigenvalue weighted by Crippen LogP contribution is 2.38. The maximum absolute atomic E-state index is 9.18. The number of hydrazine groups is 1. The molecule has 0 spiro atoms. The smallest absolute Gasteiger partial charge is 0.115 e. The predicted octanol–water partition coefficient (Wildman–Crippen LogP) is 0.530. The number of phenolic OH excluding ortho intramolecular Hbond substituents is 1. The Morgan fingerprint density at radius 3 is 2.64 bits per heavy atom. The monoisotopic (exact) mass is 191 g/mol. The normalized spacial score (nSPS) is 39.5. The lowest BCUT2D eigenvalue weighted by atomic mass is 10.2. The third-order valence-electron chi connectivity index (χ3n) is 2.95. The molecule has 2 heterocycles. The third kappa shape index (κ3) is 1.05. The van der Waals surface area contributed by atoms with Gasteiger partial charge in [-0.3, -0.25) is 5.32 Å². The van der Waals surface area contributed by atoms with E-state index in [4.69, 9.17) is 0 Å². The van der Waals surface area contributed by atoms with Crippen molar-refractivity contribution in [3.8, 4) is 5.75 Å². The van der Waals surface area contributed by atoms with Crippen LogP contribution in [0.15, 0.2) is 24.3 Å². The molecule has 3 atom stereocenters. The molecule has 1 aromatic carbocycles. The Labute approximate surface area is 82.5 Å². The van der Waals surface area contributed by atoms with E-state index in [1.807, 2.05) is 12.1 Å². The molecule has 3 N–H and O–H groups in total. The van der Waals surface area contributed by atoms with Crippen LogP contribution in [0.1, 0.15) is 18.7 Å². The van der Waals surface area contributed by atoms with Gasteiger partial charge in [-0.05, 0) is 24.6 Å². The molecule has 0 aliphatic carbocycles. The second-order valence-corrected chi connectivity index (χ2v) is 4.13. The van der Waals surface area contributed by atoms with Gasteiger partial charge < -0.3 is 5.11 Å². The van der Waals surface area contributed by atoms with Crippen LogP contribution in [-0.2, 0) is 0 Å². The molecule has 0 bridgehead atoms. The Kier molecular flexibility index (Phi) is 1.45. The average molecular weight is 191 g/mol. The Balaban J connectivity index is 1.87. The van der Waals surface area contributed by atoms with Crippen LogP contribution in [-0.4, -0.2) is 22.3 Å². The van der Waals surface area contributed by atoms with Crippen LogP contribution in [0, 0.1) is 0 Å². The van der Waals surface area contributed by atoms with Crippen molar-refractivity contribution in [2.45, 2.75) is 18.8 Å². The van der Waals surface area contributed by atoms with Gasteiger partial charge in [0.15, 0.2) is 0 Å². The molecule has 2 fully saturated rings. The summed E-state index contributed by atoms with van der Waals surface area (Å²) in [6.07, 6.45) is 0.237. The lowest BCUT2D eigenvalue weighted by Gasteiger charge is -2.13. The maximum atomic E-state index is 9.18. The third-order valence-corrected chi connectivity index (χ3v) is 2.95. The summed E-state index contributed by atoms with van der Waals surface area (Å²) >= 11 is 0. The number of nitrogens with one attached hydrogen (secondary N) is 2. The van der Waals surface area contributed by atoms with Crippen molar-refractivity contribution in [1.29, 1.82) is 0 Å². The zero-order chi connectivity index (χ0) is 9.76. The van der Waals surface area contributed by atoms with Crippen LogP contribution in [0.25, 0.3) is 0 Å². The van der Waals surface area contributed by atoms with Crippen LogP contribution in [0.4, 0.5) is 0 Å². The summed E-state index contributed by atoms with van der Waals surface area (Å²) in [6, 6.07) is 7.32. The highest BCUT2D eigenvalue weighted by Gasteiger charge is 2.56. The Morgan fingerprint density at radius 2 is 2.14 bits per heavy atom. The van der Waals surface area contributed by atoms with Crippen molar-refractivity contribution >= 4 is 0 Å². The van der Waals surface area contributed by atoms with Gasteiger partial charge in [-0.1, -0.05) is 12.1 Å². The lowest BCUT2D eigenvalue weighted by Crippen LogP contribution is -2.27. The first-order valence-electron chi connectivity index (χ1n) is 4.78. The molecule has 74 valence electrons. The average Bonchev–Trinajstić information content (AvgIpc) is 2.73. The summed E-state index contributed by atoms with van der Waals surface area (Å²) in [6.45, 7) is 3.12. The molecule has 0 saturated carbocycles. The zero-order valence-electron chi connectivity index (χ0n) is 7.99. The quantitative estimate of drug-likeness (QED) is 0.567. The molecule has 0 aromatic heterocycles. The van der Waals surface area contributed by atoms with Crippen molar-refractivity contribution < 1.29 is 5.11 Å². The van der Waals surface area contributed by atoms with Gasteiger partial charge in [0, 0.05) is 6.54 Å². The zero-order valence-corrected chi connectivity index (χ0v) is 7.99. The number of fused-ring (bicyclic) bond motifs is 1. The van der Waals surface area contributed by atoms with Gasteiger partial charge in [0.1, 0.15) is 17.6 Å². The second-order valence-electron chi connectivity index (χ2n) is 4.13. The van der Waals surface area contributed by atoms with Crippen molar-refractivity contribution in [2.75, 3.05) is 6.54 Å². The number of hydrogen-bond donors (Lipinski definition) is 3. The van der Waals surface area contributed by atoms with Crippen molar-refractivity contribution in [3.63, 3.8) is 0 Å². The first-order valence-corrected chi connectivity index (χ1v) is 4.78. The Bertz CT molecular complexity index is 364. The van der Waals surface area contributed by atoms with Crippen molar-refractivity contribution in [2.24, 2.45) is 0 Å². The van der Waals surface area contributed by atoms with E-state index in [2.05, 4.69) is 22.7 Å². The molecule has 3 unspecified atom stereocenters. The SMILES string of the molecule is CC12CNC(c3ccc(O)cc3)N1N2. The van der Waals surface area contributed by atoms with Crippen LogP contribution in [0.3, 0.4) is 0 Å². The van der Waals surface area contributed by atoms with Gasteiger partial charge >= 0.3 is 0 Å². The molecule has 0 radical (unpaired) electrons. The molecular weight excluding hydrogens is 178 g/mol. The largest absolute Gasteiger partial charge is 0.508 e. The second kappa shape index (κ2) is 2.48. The summed E-state index contributed by atoms with van der Waals surface area (Å²) in [7, 11) is 0. The Hall–Kier alpha value is -1.10. The number of phenols is 1. The van der Waals surface area contributed by atoms with E-state index in [0.29, 0.717) is 5.75 Å². The molecule has 14 heavy (non-hydrogen) atoms. The van der Waals surface area contributed by atoms with E-state index < -0.39 is 0 Å². The maximum Gasteiger partial charge on any atom is 0.115 e. The number of benzene rings is 1. The van der Waals surface area contributed by atoms with Crippen molar-refractivity contribution in [3.05, 3.63) is 29.8 Å². The minimum Gasteiger partial charge on any atom is -0.508 e. The molecule has 1 aromatic rings. The van der Waals surface area contributed by atoms with Crippen LogP contribution < -0.4 is 10.7 Å². The minimum absolute atomic E-state index is 0.141. The summed E-state index contributed by atoms with van der Waals surface area (Å²) in [5.41, 5.74) is 4.63. The van der Waals surface area contributed by atoms with Gasteiger partial charge in [0.05, 0.1) is 0 Å². The van der Waals surface area contributed by atoms with E-state index in [-0.39, 0.29) is 11.8 Å². The number of rotatable bonds is 1. The van der Waals surface area contributed by atoms with Gasteiger partial charge in [-0.25, -0.2) is 5.43 Å². The first-order chi connectivity index (χ1) is 6.69. The fraction of sp³-hybridized carbons (Fsp3) is 0.400. The topological polar surface area (TPSA) is 57.2 Å². The van der Waals surface area contributed by atoms with Gasteiger partial charge in [-0.15, -0.1) is 0 Å². The molecule has 4 heteroatoms. The Morgan fingerprint density at radius 1 is 1.43 bits per heavy atom. The first kappa shape index (κ1) is 8.23. The molecule has 2 aliphatic heterocycles. The summed E-state index contributed by atoms with van der Waals surface area (Å²) < 4.78 is 0. The molecule has 4 nitrogen and oxygen atoms in total. The predicted molar refractivity (Wildman–Crippen MR) is 52.2 cm³/mol. The summed E-state index contributed by atoms with van der Waals surface area (Å²) in [4.78, 5) is 0. The van der Waals surface area contributed by atoms with Crippen LogP contribution in [0.5, 0.6) is 5.75 Å². The van der Waals surface area contributed by atoms with E-state index in [1.54, 1.807) is 12.1 Å². The fourth-order valence-corrected chi connectivity index (χ4v) is 2.02. The molecule has 2 saturated heterocycles. The fourth-order valence-electron chi connectivity index (χ4n) is 2.02.